The van der Waals surface area contributed by atoms with Crippen molar-refractivity contribution in [2.24, 2.45) is 0 Å². The molecule has 0 saturated carbocycles. The van der Waals surface area contributed by atoms with Gasteiger partial charge in [-0.2, -0.15) is 0 Å². The van der Waals surface area contributed by atoms with Crippen molar-refractivity contribution in [1.29, 1.82) is 0 Å². The van der Waals surface area contributed by atoms with Crippen molar-refractivity contribution in [3.8, 4) is 34.0 Å². The van der Waals surface area contributed by atoms with Gasteiger partial charge in [-0.1, -0.05) is 0 Å². The second kappa shape index (κ2) is 7.98. The summed E-state index contributed by atoms with van der Waals surface area (Å²) in [5, 5.41) is 0. The summed E-state index contributed by atoms with van der Waals surface area (Å²) >= 11 is 3.26. The monoisotopic (exact) mass is 416 g/mol. The second-order valence-electron chi connectivity index (χ2n) is 5.93. The first-order valence-corrected chi connectivity index (χ1v) is 9.62. The SMILES string of the molecule is CCn1c(-c2ccc(OC)cc2)c(-c2ccc(OC)cc2)n(CC)c1=[Se]. The Bertz CT molecular complexity index is 862. The topological polar surface area (TPSA) is 28.3 Å². The minimum absolute atomic E-state index is 0.862. The molecule has 0 amide bonds. The summed E-state index contributed by atoms with van der Waals surface area (Å²) in [6.07, 6.45) is 0. The first kappa shape index (κ1) is 18.6. The molecule has 0 unspecified atom stereocenters. The summed E-state index contributed by atoms with van der Waals surface area (Å²) in [5.41, 5.74) is 4.75. The van der Waals surface area contributed by atoms with Crippen LogP contribution in [-0.2, 0) is 13.1 Å². The number of hydrogen-bond donors (Lipinski definition) is 0. The minimum atomic E-state index is 0.862. The molecule has 0 aliphatic rings. The number of rotatable bonds is 6. The van der Waals surface area contributed by atoms with E-state index < -0.39 is 0 Å². The number of hydrogen-bond acceptors (Lipinski definition) is 2. The average Bonchev–Trinajstić information content (AvgIpc) is 2.99. The average molecular weight is 415 g/mol. The van der Waals surface area contributed by atoms with E-state index in [0.29, 0.717) is 0 Å². The summed E-state index contributed by atoms with van der Waals surface area (Å²) in [7, 11) is 3.38. The van der Waals surface area contributed by atoms with Crippen molar-refractivity contribution in [3.05, 3.63) is 52.9 Å². The zero-order valence-corrected chi connectivity index (χ0v) is 17.4. The molecule has 4 nitrogen and oxygen atoms in total. The van der Waals surface area contributed by atoms with Gasteiger partial charge >= 0.3 is 162 Å². The molecule has 5 heteroatoms. The van der Waals surface area contributed by atoms with Crippen LogP contribution in [0.5, 0.6) is 11.5 Å². The third-order valence-corrected chi connectivity index (χ3v) is 5.51. The van der Waals surface area contributed by atoms with Crippen LogP contribution in [0, 0.1) is 4.32 Å². The number of nitrogens with zero attached hydrogens (tertiary/aromatic N) is 2. The van der Waals surface area contributed by atoms with Gasteiger partial charge in [0.1, 0.15) is 0 Å². The molecule has 0 aliphatic carbocycles. The van der Waals surface area contributed by atoms with Gasteiger partial charge in [0, 0.05) is 0 Å². The molecule has 3 aromatic rings. The maximum absolute atomic E-state index is 5.32. The Morgan fingerprint density at radius 2 is 1.04 bits per heavy atom. The molecule has 0 aliphatic heterocycles. The van der Waals surface area contributed by atoms with Crippen molar-refractivity contribution < 1.29 is 9.47 Å². The summed E-state index contributed by atoms with van der Waals surface area (Å²) in [6, 6.07) is 16.5. The zero-order chi connectivity index (χ0) is 18.7. The standard InChI is InChI=1S/C21H24N2O2Se/c1-5-22-19(15-7-11-17(24-3)12-8-15)20(23(6-2)21(22)26)16-9-13-18(25-4)14-10-16/h7-14H,5-6H2,1-4H3. The van der Waals surface area contributed by atoms with Gasteiger partial charge in [0.25, 0.3) is 0 Å². The number of imidazole rings is 1. The van der Waals surface area contributed by atoms with E-state index in [-0.39, 0.29) is 0 Å². The fourth-order valence-electron chi connectivity index (χ4n) is 3.26. The first-order valence-electron chi connectivity index (χ1n) is 8.76. The molecule has 0 fully saturated rings. The van der Waals surface area contributed by atoms with Crippen LogP contribution >= 0.6 is 0 Å². The van der Waals surface area contributed by atoms with Crippen LogP contribution in [-0.4, -0.2) is 38.9 Å². The molecule has 3 rings (SSSR count). The quantitative estimate of drug-likeness (QED) is 0.559. The Kier molecular flexibility index (Phi) is 5.70. The van der Waals surface area contributed by atoms with Gasteiger partial charge in [0.2, 0.25) is 0 Å². The van der Waals surface area contributed by atoms with Crippen molar-refractivity contribution in [1.82, 2.24) is 9.13 Å². The third kappa shape index (κ3) is 3.25. The molecule has 0 bridgehead atoms. The van der Waals surface area contributed by atoms with Gasteiger partial charge in [-0.15, -0.1) is 0 Å². The summed E-state index contributed by atoms with van der Waals surface area (Å²) in [6.45, 7) is 6.12. The fourth-order valence-corrected chi connectivity index (χ4v) is 4.19. The Morgan fingerprint density at radius 1 is 0.692 bits per heavy atom. The van der Waals surface area contributed by atoms with Gasteiger partial charge in [-0.25, -0.2) is 0 Å². The summed E-state index contributed by atoms with van der Waals surface area (Å²) in [5.74, 6) is 1.72. The van der Waals surface area contributed by atoms with E-state index in [0.717, 1.165) is 28.9 Å². The van der Waals surface area contributed by atoms with Gasteiger partial charge in [-0.05, 0) is 0 Å². The van der Waals surface area contributed by atoms with Crippen LogP contribution in [0.3, 0.4) is 0 Å². The van der Waals surface area contributed by atoms with E-state index in [1.54, 1.807) is 14.2 Å². The normalized spacial score (nSPS) is 10.8. The van der Waals surface area contributed by atoms with Gasteiger partial charge < -0.3 is 0 Å². The van der Waals surface area contributed by atoms with Crippen LogP contribution in [0.2, 0.25) is 0 Å². The second-order valence-corrected chi connectivity index (χ2v) is 6.69. The van der Waals surface area contributed by atoms with Crippen molar-refractivity contribution in [2.75, 3.05) is 14.2 Å². The molecule has 0 spiro atoms. The van der Waals surface area contributed by atoms with Gasteiger partial charge in [0.05, 0.1) is 0 Å². The predicted molar refractivity (Wildman–Crippen MR) is 107 cm³/mol. The zero-order valence-electron chi connectivity index (χ0n) is 15.7. The third-order valence-electron chi connectivity index (χ3n) is 4.59. The molecule has 136 valence electrons. The van der Waals surface area contributed by atoms with Crippen LogP contribution in [0.4, 0.5) is 0 Å². The Hall–Kier alpha value is -2.23. The van der Waals surface area contributed by atoms with E-state index >= 15 is 0 Å². The number of ether oxygens (including phenoxy) is 2. The molecule has 1 aromatic heterocycles. The number of benzene rings is 2. The van der Waals surface area contributed by atoms with E-state index in [1.165, 1.54) is 22.5 Å². The van der Waals surface area contributed by atoms with E-state index in [1.807, 2.05) is 24.3 Å². The molecule has 26 heavy (non-hydrogen) atoms. The molecule has 0 N–H and O–H groups in total. The van der Waals surface area contributed by atoms with Crippen molar-refractivity contribution in [2.45, 2.75) is 26.9 Å². The molecule has 2 aromatic carbocycles. The Balaban J connectivity index is 2.28. The van der Waals surface area contributed by atoms with Crippen molar-refractivity contribution >= 4 is 15.6 Å². The number of aromatic nitrogens is 2. The summed E-state index contributed by atoms with van der Waals surface area (Å²) in [4.78, 5) is 0. The van der Waals surface area contributed by atoms with E-state index in [2.05, 4.69) is 62.8 Å². The van der Waals surface area contributed by atoms with Gasteiger partial charge in [0.15, 0.2) is 0 Å². The molecule has 0 saturated heterocycles. The van der Waals surface area contributed by atoms with Crippen LogP contribution in [0.1, 0.15) is 13.8 Å². The summed E-state index contributed by atoms with van der Waals surface area (Å²) < 4.78 is 16.4. The fraction of sp³-hybridized carbons (Fsp3) is 0.286. The van der Waals surface area contributed by atoms with Crippen molar-refractivity contribution in [3.63, 3.8) is 0 Å². The molecular formula is C21H24N2O2Se. The van der Waals surface area contributed by atoms with Crippen LogP contribution < -0.4 is 9.47 Å². The first-order chi connectivity index (χ1) is 12.6. The predicted octanol–water partition coefficient (Wildman–Crippen LogP) is 4.38. The molecule has 1 heterocycles. The van der Waals surface area contributed by atoms with Gasteiger partial charge in [-0.3, -0.25) is 0 Å². The number of methoxy groups -OCH3 is 2. The molecule has 0 atom stereocenters. The Morgan fingerprint density at radius 3 is 1.31 bits per heavy atom. The van der Waals surface area contributed by atoms with E-state index in [9.17, 15) is 0 Å². The van der Waals surface area contributed by atoms with Crippen LogP contribution in [0.25, 0.3) is 22.5 Å². The molecule has 0 radical (unpaired) electrons. The van der Waals surface area contributed by atoms with Crippen LogP contribution in [0.15, 0.2) is 48.5 Å². The maximum atomic E-state index is 5.32. The Labute approximate surface area is 162 Å². The molecular weight excluding hydrogens is 391 g/mol. The van der Waals surface area contributed by atoms with E-state index in [4.69, 9.17) is 9.47 Å².